The van der Waals surface area contributed by atoms with Crippen LogP contribution in [0.4, 0.5) is 4.79 Å². The van der Waals surface area contributed by atoms with E-state index in [4.69, 9.17) is 4.74 Å². The van der Waals surface area contributed by atoms with Gasteiger partial charge >= 0.3 is 12.1 Å². The molecule has 0 unspecified atom stereocenters. The van der Waals surface area contributed by atoms with Gasteiger partial charge in [-0.2, -0.15) is 0 Å². The zero-order valence-electron chi connectivity index (χ0n) is 13.3. The molecule has 0 radical (unpaired) electrons. The van der Waals surface area contributed by atoms with Crippen LogP contribution in [0.25, 0.3) is 0 Å². The maximum Gasteiger partial charge on any atom is 0.414 e. The van der Waals surface area contributed by atoms with Crippen LogP contribution in [0.1, 0.15) is 25.8 Å². The zero-order valence-corrected chi connectivity index (χ0v) is 13.3. The molecule has 0 fully saturated rings. The standard InChI is InChI=1S/C16H23NO4/c1-12-6-8-13(9-7-12)21-15(19)17(4)11-16(2,3)10-14(18)20-5/h6-9H,10-11H2,1-5H3. The molecule has 1 aromatic carbocycles. The summed E-state index contributed by atoms with van der Waals surface area (Å²) >= 11 is 0. The Morgan fingerprint density at radius 2 is 1.76 bits per heavy atom. The van der Waals surface area contributed by atoms with E-state index >= 15 is 0 Å². The SMILES string of the molecule is COC(=O)CC(C)(C)CN(C)C(=O)Oc1ccc(C)cc1. The number of hydrogen-bond acceptors (Lipinski definition) is 4. The number of benzene rings is 1. The number of ether oxygens (including phenoxy) is 2. The highest BCUT2D eigenvalue weighted by atomic mass is 16.6. The molecular formula is C16H23NO4. The molecule has 0 N–H and O–H groups in total. The van der Waals surface area contributed by atoms with Gasteiger partial charge in [0, 0.05) is 13.6 Å². The third-order valence-corrected chi connectivity index (χ3v) is 3.05. The molecule has 0 atom stereocenters. The predicted octanol–water partition coefficient (Wildman–Crippen LogP) is 3.01. The maximum absolute atomic E-state index is 12.0. The van der Waals surface area contributed by atoms with Gasteiger partial charge in [0.05, 0.1) is 13.5 Å². The van der Waals surface area contributed by atoms with Gasteiger partial charge in [0.1, 0.15) is 5.75 Å². The van der Waals surface area contributed by atoms with Crippen LogP contribution in [-0.4, -0.2) is 37.7 Å². The van der Waals surface area contributed by atoms with Crippen molar-refractivity contribution in [3.63, 3.8) is 0 Å². The number of nitrogens with zero attached hydrogens (tertiary/aromatic N) is 1. The van der Waals surface area contributed by atoms with Crippen LogP contribution in [0.2, 0.25) is 0 Å². The molecule has 116 valence electrons. The predicted molar refractivity (Wildman–Crippen MR) is 80.2 cm³/mol. The summed E-state index contributed by atoms with van der Waals surface area (Å²) in [5.41, 5.74) is 0.719. The number of carbonyl (C=O) groups excluding carboxylic acids is 2. The van der Waals surface area contributed by atoms with Gasteiger partial charge in [-0.3, -0.25) is 4.79 Å². The van der Waals surface area contributed by atoms with Gasteiger partial charge in [-0.25, -0.2) is 4.79 Å². The van der Waals surface area contributed by atoms with Crippen molar-refractivity contribution in [3.8, 4) is 5.75 Å². The molecule has 1 rings (SSSR count). The highest BCUT2D eigenvalue weighted by molar-refractivity contribution is 5.71. The van der Waals surface area contributed by atoms with Crippen LogP contribution >= 0.6 is 0 Å². The molecule has 1 amide bonds. The fraction of sp³-hybridized carbons (Fsp3) is 0.500. The maximum atomic E-state index is 12.0. The van der Waals surface area contributed by atoms with E-state index in [-0.39, 0.29) is 17.8 Å². The van der Waals surface area contributed by atoms with Gasteiger partial charge in [0.15, 0.2) is 0 Å². The molecule has 0 aliphatic rings. The zero-order chi connectivity index (χ0) is 16.0. The lowest BCUT2D eigenvalue weighted by molar-refractivity contribution is -0.143. The van der Waals surface area contributed by atoms with Gasteiger partial charge in [-0.15, -0.1) is 0 Å². The van der Waals surface area contributed by atoms with Crippen LogP contribution in [0.5, 0.6) is 5.75 Å². The molecule has 0 saturated carbocycles. The molecule has 0 bridgehead atoms. The topological polar surface area (TPSA) is 55.8 Å². The highest BCUT2D eigenvalue weighted by Gasteiger charge is 2.27. The van der Waals surface area contributed by atoms with Crippen molar-refractivity contribution < 1.29 is 19.1 Å². The number of carbonyl (C=O) groups is 2. The van der Waals surface area contributed by atoms with Gasteiger partial charge in [0.2, 0.25) is 0 Å². The Balaban J connectivity index is 2.57. The van der Waals surface area contributed by atoms with E-state index in [2.05, 4.69) is 4.74 Å². The van der Waals surface area contributed by atoms with Crippen molar-refractivity contribution in [1.82, 2.24) is 4.90 Å². The first-order valence-electron chi connectivity index (χ1n) is 6.80. The lowest BCUT2D eigenvalue weighted by Crippen LogP contribution is -2.38. The van der Waals surface area contributed by atoms with Gasteiger partial charge < -0.3 is 14.4 Å². The number of aryl methyl sites for hydroxylation is 1. The summed E-state index contributed by atoms with van der Waals surface area (Å²) < 4.78 is 9.94. The monoisotopic (exact) mass is 293 g/mol. The molecule has 0 saturated heterocycles. The molecule has 0 aliphatic heterocycles. The summed E-state index contributed by atoms with van der Waals surface area (Å²) in [5, 5.41) is 0. The van der Waals surface area contributed by atoms with Gasteiger partial charge in [-0.05, 0) is 24.5 Å². The minimum Gasteiger partial charge on any atom is -0.469 e. The van der Waals surface area contributed by atoms with Crippen LogP contribution in [0.15, 0.2) is 24.3 Å². The Kier molecular flexibility index (Phi) is 5.76. The van der Waals surface area contributed by atoms with Crippen molar-refractivity contribution in [2.45, 2.75) is 27.2 Å². The Labute approximate surface area is 125 Å². The van der Waals surface area contributed by atoms with Crippen molar-refractivity contribution >= 4 is 12.1 Å². The highest BCUT2D eigenvalue weighted by Crippen LogP contribution is 2.22. The van der Waals surface area contributed by atoms with Crippen molar-refractivity contribution in [2.24, 2.45) is 5.41 Å². The molecule has 0 spiro atoms. The fourth-order valence-corrected chi connectivity index (χ4v) is 2.01. The molecule has 21 heavy (non-hydrogen) atoms. The van der Waals surface area contributed by atoms with E-state index in [1.807, 2.05) is 32.9 Å². The van der Waals surface area contributed by atoms with Crippen LogP contribution in [0.3, 0.4) is 0 Å². The van der Waals surface area contributed by atoms with Crippen LogP contribution in [0, 0.1) is 12.3 Å². The second-order valence-corrected chi connectivity index (χ2v) is 5.95. The molecule has 0 aliphatic carbocycles. The average Bonchev–Trinajstić information content (AvgIpc) is 2.40. The first-order chi connectivity index (χ1) is 9.73. The normalized spacial score (nSPS) is 10.9. The number of rotatable bonds is 5. The third-order valence-electron chi connectivity index (χ3n) is 3.05. The lowest BCUT2D eigenvalue weighted by atomic mass is 9.89. The summed E-state index contributed by atoms with van der Waals surface area (Å²) in [6.45, 7) is 6.17. The largest absolute Gasteiger partial charge is 0.469 e. The summed E-state index contributed by atoms with van der Waals surface area (Å²) in [4.78, 5) is 24.8. The second kappa shape index (κ2) is 7.11. The lowest BCUT2D eigenvalue weighted by Gasteiger charge is -2.28. The summed E-state index contributed by atoms with van der Waals surface area (Å²) in [6.07, 6.45) is -0.206. The first kappa shape index (κ1) is 17.0. The minimum atomic E-state index is -0.447. The van der Waals surface area contributed by atoms with E-state index < -0.39 is 6.09 Å². The van der Waals surface area contributed by atoms with E-state index in [1.54, 1.807) is 19.2 Å². The van der Waals surface area contributed by atoms with Gasteiger partial charge in [-0.1, -0.05) is 31.5 Å². The van der Waals surface area contributed by atoms with E-state index in [9.17, 15) is 9.59 Å². The summed E-state index contributed by atoms with van der Waals surface area (Å²) in [5.74, 6) is 0.212. The number of amides is 1. The Morgan fingerprint density at radius 3 is 2.29 bits per heavy atom. The smallest absolute Gasteiger partial charge is 0.414 e. The quantitative estimate of drug-likeness (QED) is 0.783. The molecule has 0 heterocycles. The minimum absolute atomic E-state index is 0.242. The van der Waals surface area contributed by atoms with E-state index in [1.165, 1.54) is 12.0 Å². The summed E-state index contributed by atoms with van der Waals surface area (Å²) in [7, 11) is 3.00. The van der Waals surface area contributed by atoms with Crippen molar-refractivity contribution in [1.29, 1.82) is 0 Å². The average molecular weight is 293 g/mol. The third kappa shape index (κ3) is 5.85. The van der Waals surface area contributed by atoms with Gasteiger partial charge in [0.25, 0.3) is 0 Å². The van der Waals surface area contributed by atoms with Crippen molar-refractivity contribution in [2.75, 3.05) is 20.7 Å². The number of hydrogen-bond donors (Lipinski definition) is 0. The molecule has 1 aromatic rings. The second-order valence-electron chi connectivity index (χ2n) is 5.95. The Bertz CT molecular complexity index is 494. The molecule has 5 heteroatoms. The Morgan fingerprint density at radius 1 is 1.19 bits per heavy atom. The molecule has 0 aromatic heterocycles. The van der Waals surface area contributed by atoms with Crippen molar-refractivity contribution in [3.05, 3.63) is 29.8 Å². The van der Waals surface area contributed by atoms with E-state index in [0.717, 1.165) is 5.56 Å². The Hall–Kier alpha value is -2.04. The van der Waals surface area contributed by atoms with E-state index in [0.29, 0.717) is 12.3 Å². The molecular weight excluding hydrogens is 270 g/mol. The number of esters is 1. The number of methoxy groups -OCH3 is 1. The van der Waals surface area contributed by atoms with Crippen LogP contribution in [-0.2, 0) is 9.53 Å². The van der Waals surface area contributed by atoms with Crippen LogP contribution < -0.4 is 4.74 Å². The molecule has 5 nitrogen and oxygen atoms in total. The fourth-order valence-electron chi connectivity index (χ4n) is 2.01. The first-order valence-corrected chi connectivity index (χ1v) is 6.80. The summed E-state index contributed by atoms with van der Waals surface area (Å²) in [6, 6.07) is 7.26.